The number of hydrogen-bond donors (Lipinski definition) is 1. The van der Waals surface area contributed by atoms with Crippen LogP contribution in [-0.4, -0.2) is 50.3 Å². The zero-order valence-corrected chi connectivity index (χ0v) is 17.8. The summed E-state index contributed by atoms with van der Waals surface area (Å²) in [5, 5.41) is 9.59. The molecular formula is C22H23F6NO4. The Bertz CT molecular complexity index is 886. The first-order valence-corrected chi connectivity index (χ1v) is 9.79. The van der Waals surface area contributed by atoms with Gasteiger partial charge in [-0.1, -0.05) is 42.5 Å². The minimum Gasteiger partial charge on any atom is -0.467 e. The number of carbonyl (C=O) groups excluding carboxylic acids is 1. The Labute approximate surface area is 186 Å². The van der Waals surface area contributed by atoms with Crippen LogP contribution in [0.4, 0.5) is 32.0 Å². The minimum absolute atomic E-state index is 0.0102. The van der Waals surface area contributed by atoms with Gasteiger partial charge in [0.2, 0.25) is 0 Å². The lowest BCUT2D eigenvalue weighted by atomic mass is 9.92. The number of rotatable bonds is 9. The van der Waals surface area contributed by atoms with Crippen LogP contribution in [0, 0.1) is 0 Å². The third-order valence-electron chi connectivity index (χ3n) is 5.06. The Balaban J connectivity index is 2.41. The maximum atomic E-state index is 13.2. The van der Waals surface area contributed by atoms with Gasteiger partial charge in [-0.25, -0.2) is 4.79 Å². The molecule has 0 bridgehead atoms. The molecule has 0 amide bonds. The van der Waals surface area contributed by atoms with Crippen molar-refractivity contribution >= 4 is 11.7 Å². The van der Waals surface area contributed by atoms with Gasteiger partial charge in [-0.05, 0) is 24.6 Å². The highest BCUT2D eigenvalue weighted by molar-refractivity contribution is 5.70. The van der Waals surface area contributed by atoms with Crippen LogP contribution in [0.2, 0.25) is 0 Å². The zero-order chi connectivity index (χ0) is 24.9. The lowest BCUT2D eigenvalue weighted by Gasteiger charge is -2.35. The fraction of sp³-hybridized carbons (Fsp3) is 0.409. The number of nitrogens with zero attached hydrogens (tertiary/aromatic N) is 1. The van der Waals surface area contributed by atoms with Crippen LogP contribution < -0.4 is 4.90 Å². The van der Waals surface area contributed by atoms with Crippen molar-refractivity contribution in [1.82, 2.24) is 0 Å². The number of alkyl halides is 6. The molecule has 1 unspecified atom stereocenters. The molecule has 0 radical (unpaired) electrons. The first-order chi connectivity index (χ1) is 15.4. The van der Waals surface area contributed by atoms with Gasteiger partial charge in [0.15, 0.2) is 0 Å². The van der Waals surface area contributed by atoms with Crippen LogP contribution >= 0.6 is 0 Å². The van der Waals surface area contributed by atoms with Crippen molar-refractivity contribution < 1.29 is 45.7 Å². The Hall–Kier alpha value is -2.79. The van der Waals surface area contributed by atoms with Gasteiger partial charge in [0.25, 0.3) is 5.60 Å². The Morgan fingerprint density at radius 2 is 1.52 bits per heavy atom. The van der Waals surface area contributed by atoms with Gasteiger partial charge in [-0.3, -0.25) is 0 Å². The van der Waals surface area contributed by atoms with E-state index in [1.807, 2.05) is 0 Å². The van der Waals surface area contributed by atoms with Crippen molar-refractivity contribution in [3.05, 3.63) is 65.7 Å². The monoisotopic (exact) mass is 479 g/mol. The summed E-state index contributed by atoms with van der Waals surface area (Å²) in [5.74, 6) is -0.604. The van der Waals surface area contributed by atoms with Gasteiger partial charge in [0, 0.05) is 17.8 Å². The number of carbonyl (C=O) groups is 1. The third-order valence-corrected chi connectivity index (χ3v) is 5.06. The van der Waals surface area contributed by atoms with Crippen molar-refractivity contribution in [2.75, 3.05) is 31.8 Å². The summed E-state index contributed by atoms with van der Waals surface area (Å²) in [6.45, 7) is 1.71. The predicted octanol–water partition coefficient (Wildman–Crippen LogP) is 4.76. The number of anilines is 1. The number of hydrogen-bond acceptors (Lipinski definition) is 5. The highest BCUT2D eigenvalue weighted by Gasteiger charge is 2.71. The maximum Gasteiger partial charge on any atom is 0.430 e. The van der Waals surface area contributed by atoms with E-state index in [1.54, 1.807) is 42.2 Å². The van der Waals surface area contributed by atoms with Gasteiger partial charge >= 0.3 is 18.3 Å². The molecule has 1 N–H and O–H groups in total. The molecule has 2 rings (SSSR count). The normalized spacial score (nSPS) is 13.5. The molecule has 0 aromatic heterocycles. The lowest BCUT2D eigenvalue weighted by Crippen LogP contribution is -2.53. The summed E-state index contributed by atoms with van der Waals surface area (Å²) in [6.07, 6.45) is -11.9. The second-order valence-electron chi connectivity index (χ2n) is 7.06. The summed E-state index contributed by atoms with van der Waals surface area (Å²) in [7, 11) is 1.20. The largest absolute Gasteiger partial charge is 0.467 e. The smallest absolute Gasteiger partial charge is 0.430 e. The first kappa shape index (κ1) is 26.5. The van der Waals surface area contributed by atoms with Gasteiger partial charge in [-0.2, -0.15) is 26.3 Å². The summed E-state index contributed by atoms with van der Waals surface area (Å²) in [6, 6.07) is 11.6. The van der Waals surface area contributed by atoms with Crippen LogP contribution in [0.15, 0.2) is 54.6 Å². The average molecular weight is 479 g/mol. The second kappa shape index (κ2) is 10.4. The van der Waals surface area contributed by atoms with Crippen LogP contribution in [0.1, 0.15) is 24.1 Å². The molecule has 0 heterocycles. The van der Waals surface area contributed by atoms with Crippen LogP contribution in [0.5, 0.6) is 0 Å². The van der Waals surface area contributed by atoms with Crippen molar-refractivity contribution in [1.29, 1.82) is 0 Å². The second-order valence-corrected chi connectivity index (χ2v) is 7.06. The van der Waals surface area contributed by atoms with E-state index in [0.717, 1.165) is 17.7 Å². The van der Waals surface area contributed by atoms with Gasteiger partial charge in [-0.15, -0.1) is 0 Å². The molecule has 0 aliphatic rings. The molecule has 0 saturated carbocycles. The van der Waals surface area contributed by atoms with E-state index in [0.29, 0.717) is 24.4 Å². The van der Waals surface area contributed by atoms with Crippen molar-refractivity contribution in [3.63, 3.8) is 0 Å². The van der Waals surface area contributed by atoms with Crippen LogP contribution in [0.25, 0.3) is 0 Å². The minimum atomic E-state index is -5.97. The summed E-state index contributed by atoms with van der Waals surface area (Å²) in [4.78, 5) is 13.1. The lowest BCUT2D eigenvalue weighted by molar-refractivity contribution is -0.376. The van der Waals surface area contributed by atoms with Gasteiger partial charge < -0.3 is 19.5 Å². The van der Waals surface area contributed by atoms with E-state index in [9.17, 15) is 36.2 Å². The molecule has 5 nitrogen and oxygen atoms in total. The SMILES string of the molecule is CCN(c1ccc(C(O)(C(F)(F)F)C(F)(F)F)cc1)C(COCC(=O)OC)c1ccccc1. The number of esters is 1. The Kier molecular flexibility index (Phi) is 8.36. The van der Waals surface area contributed by atoms with Crippen molar-refractivity contribution in [2.45, 2.75) is 30.9 Å². The van der Waals surface area contributed by atoms with E-state index >= 15 is 0 Å². The predicted molar refractivity (Wildman–Crippen MR) is 107 cm³/mol. The molecule has 182 valence electrons. The quantitative estimate of drug-likeness (QED) is 0.415. The van der Waals surface area contributed by atoms with E-state index < -0.39 is 35.5 Å². The average Bonchev–Trinajstić information content (AvgIpc) is 2.77. The fourth-order valence-electron chi connectivity index (χ4n) is 3.32. The molecule has 11 heteroatoms. The van der Waals surface area contributed by atoms with Crippen molar-refractivity contribution in [3.8, 4) is 0 Å². The fourth-order valence-corrected chi connectivity index (χ4v) is 3.32. The number of ether oxygens (including phenoxy) is 2. The standard InChI is InChI=1S/C22H23F6NO4/c1-3-29(18(13-33-14-19(30)32-2)15-7-5-4-6-8-15)17-11-9-16(10-12-17)20(31,21(23,24)25)22(26,27)28/h4-12,18,31H,3,13-14H2,1-2H3. The van der Waals surface area contributed by atoms with Gasteiger partial charge in [0.05, 0.1) is 19.8 Å². The molecule has 1 atom stereocenters. The topological polar surface area (TPSA) is 59.0 Å². The highest BCUT2D eigenvalue weighted by atomic mass is 19.4. The molecule has 0 fully saturated rings. The summed E-state index contributed by atoms with van der Waals surface area (Å²) >= 11 is 0. The number of aliphatic hydroxyl groups is 1. The molecule has 0 spiro atoms. The first-order valence-electron chi connectivity index (χ1n) is 9.79. The molecule has 2 aromatic rings. The molecule has 2 aromatic carbocycles. The highest BCUT2D eigenvalue weighted by Crippen LogP contribution is 2.50. The number of likely N-dealkylation sites (N-methyl/N-ethyl adjacent to an activating group) is 1. The number of halogens is 6. The molecular weight excluding hydrogens is 456 g/mol. The van der Waals surface area contributed by atoms with Crippen molar-refractivity contribution in [2.24, 2.45) is 0 Å². The van der Waals surface area contributed by atoms with E-state index in [1.165, 1.54) is 7.11 Å². The zero-order valence-electron chi connectivity index (χ0n) is 17.8. The molecule has 0 saturated heterocycles. The number of methoxy groups -OCH3 is 1. The summed E-state index contributed by atoms with van der Waals surface area (Å²) in [5.41, 5.74) is -5.31. The summed E-state index contributed by atoms with van der Waals surface area (Å²) < 4.78 is 88.9. The van der Waals surface area contributed by atoms with E-state index in [2.05, 4.69) is 4.74 Å². The number of benzene rings is 2. The molecule has 33 heavy (non-hydrogen) atoms. The van der Waals surface area contributed by atoms with Gasteiger partial charge in [0.1, 0.15) is 6.61 Å². The van der Waals surface area contributed by atoms with Crippen LogP contribution in [-0.2, 0) is 19.9 Å². The maximum absolute atomic E-state index is 13.2. The molecule has 0 aliphatic carbocycles. The Morgan fingerprint density at radius 1 is 0.970 bits per heavy atom. The third kappa shape index (κ3) is 5.77. The van der Waals surface area contributed by atoms with Crippen LogP contribution in [0.3, 0.4) is 0 Å². The Morgan fingerprint density at radius 3 is 1.97 bits per heavy atom. The molecule has 0 aliphatic heterocycles. The van der Waals surface area contributed by atoms with E-state index in [-0.39, 0.29) is 13.2 Å². The van der Waals surface area contributed by atoms with E-state index in [4.69, 9.17) is 4.74 Å².